The Hall–Kier alpha value is -1.73. The van der Waals surface area contributed by atoms with Gasteiger partial charge in [-0.05, 0) is 49.7 Å². The quantitative estimate of drug-likeness (QED) is 0.784. The molecule has 0 N–H and O–H groups in total. The molecule has 2 aromatic rings. The van der Waals surface area contributed by atoms with E-state index < -0.39 is 11.0 Å². The molecule has 7 heteroatoms. The van der Waals surface area contributed by atoms with Crippen molar-refractivity contribution in [2.24, 2.45) is 5.41 Å². The molecule has 1 aliphatic carbocycles. The number of hydrogen-bond donors (Lipinski definition) is 0. The maximum Gasteiger partial charge on any atom is 0.165 e. The molecule has 3 heterocycles. The van der Waals surface area contributed by atoms with E-state index in [0.717, 1.165) is 74.9 Å². The van der Waals surface area contributed by atoms with Crippen molar-refractivity contribution in [2.45, 2.75) is 37.4 Å². The van der Waals surface area contributed by atoms with Crippen LogP contribution in [0.5, 0.6) is 5.75 Å². The van der Waals surface area contributed by atoms with E-state index in [1.54, 1.807) is 12.3 Å². The van der Waals surface area contributed by atoms with Gasteiger partial charge in [0.2, 0.25) is 0 Å². The Morgan fingerprint density at radius 1 is 1.21 bits per heavy atom. The number of nitrogens with zero attached hydrogens (tertiary/aromatic N) is 3. The zero-order valence-electron chi connectivity index (χ0n) is 16.2. The first-order chi connectivity index (χ1) is 13.6. The zero-order valence-corrected chi connectivity index (χ0v) is 17.0. The number of piperidine rings is 1. The first-order valence-electron chi connectivity index (χ1n) is 10.1. The van der Waals surface area contributed by atoms with Gasteiger partial charge in [0, 0.05) is 54.8 Å². The van der Waals surface area contributed by atoms with E-state index in [9.17, 15) is 8.60 Å². The molecule has 28 heavy (non-hydrogen) atoms. The summed E-state index contributed by atoms with van der Waals surface area (Å²) in [6, 6.07) is 5.19. The molecule has 2 saturated heterocycles. The van der Waals surface area contributed by atoms with Crippen LogP contribution in [0.25, 0.3) is 10.9 Å². The van der Waals surface area contributed by atoms with Crippen LogP contribution >= 0.6 is 0 Å². The van der Waals surface area contributed by atoms with Crippen LogP contribution < -0.4 is 9.64 Å². The van der Waals surface area contributed by atoms with Crippen molar-refractivity contribution in [3.8, 4) is 5.75 Å². The molecule has 3 aliphatic rings. The normalized spacial score (nSPS) is 23.4. The van der Waals surface area contributed by atoms with Crippen LogP contribution in [-0.2, 0) is 11.0 Å². The molecule has 0 amide bonds. The number of methoxy groups -OCH3 is 1. The molecule has 1 atom stereocenters. The minimum Gasteiger partial charge on any atom is -0.494 e. The molecule has 0 bridgehead atoms. The SMILES string of the molecule is COc1cc2nccc(N3CCC4(CC3)CCN(S(=O)C3CC3)C4)c2cc1F. The zero-order chi connectivity index (χ0) is 19.3. The molecule has 3 fully saturated rings. The highest BCUT2D eigenvalue weighted by atomic mass is 32.2. The predicted octanol–water partition coefficient (Wildman–Crippen LogP) is 3.50. The maximum atomic E-state index is 14.3. The Morgan fingerprint density at radius 2 is 1.96 bits per heavy atom. The first kappa shape index (κ1) is 18.3. The predicted molar refractivity (Wildman–Crippen MR) is 109 cm³/mol. The van der Waals surface area contributed by atoms with Gasteiger partial charge in [-0.15, -0.1) is 0 Å². The number of aromatic nitrogens is 1. The molecule has 150 valence electrons. The van der Waals surface area contributed by atoms with E-state index in [-0.39, 0.29) is 11.6 Å². The Balaban J connectivity index is 1.33. The molecular weight excluding hydrogens is 377 g/mol. The fourth-order valence-corrected chi connectivity index (χ4v) is 6.36. The van der Waals surface area contributed by atoms with Crippen molar-refractivity contribution in [1.29, 1.82) is 0 Å². The summed E-state index contributed by atoms with van der Waals surface area (Å²) in [6.07, 6.45) is 7.36. The summed E-state index contributed by atoms with van der Waals surface area (Å²) in [7, 11) is 0.697. The van der Waals surface area contributed by atoms with Crippen molar-refractivity contribution in [3.63, 3.8) is 0 Å². The Kier molecular flexibility index (Phi) is 4.55. The molecule has 1 aromatic carbocycles. The minimum atomic E-state index is -0.775. The number of benzene rings is 1. The van der Waals surface area contributed by atoms with Gasteiger partial charge in [-0.25, -0.2) is 12.9 Å². The fraction of sp³-hybridized carbons (Fsp3) is 0.571. The van der Waals surface area contributed by atoms with E-state index in [2.05, 4.69) is 14.2 Å². The topological polar surface area (TPSA) is 45.7 Å². The van der Waals surface area contributed by atoms with Crippen molar-refractivity contribution < 1.29 is 13.3 Å². The largest absolute Gasteiger partial charge is 0.494 e. The van der Waals surface area contributed by atoms with Crippen LogP contribution in [-0.4, -0.2) is 52.0 Å². The lowest BCUT2D eigenvalue weighted by atomic mass is 9.77. The molecule has 1 saturated carbocycles. The molecule has 1 spiro atoms. The lowest BCUT2D eigenvalue weighted by molar-refractivity contribution is 0.236. The second kappa shape index (κ2) is 6.95. The average molecular weight is 404 g/mol. The summed E-state index contributed by atoms with van der Waals surface area (Å²) < 4.78 is 34.1. The first-order valence-corrected chi connectivity index (χ1v) is 11.3. The molecule has 1 unspecified atom stereocenters. The number of hydrogen-bond acceptors (Lipinski definition) is 4. The van der Waals surface area contributed by atoms with E-state index >= 15 is 0 Å². The van der Waals surface area contributed by atoms with Crippen LogP contribution in [0, 0.1) is 11.2 Å². The van der Waals surface area contributed by atoms with Crippen LogP contribution in [0.2, 0.25) is 0 Å². The van der Waals surface area contributed by atoms with E-state index in [1.165, 1.54) is 13.2 Å². The average Bonchev–Trinajstić information content (AvgIpc) is 3.49. The highest BCUT2D eigenvalue weighted by molar-refractivity contribution is 7.83. The lowest BCUT2D eigenvalue weighted by Crippen LogP contribution is -2.42. The van der Waals surface area contributed by atoms with Gasteiger partial charge in [-0.1, -0.05) is 0 Å². The number of fused-ring (bicyclic) bond motifs is 1. The van der Waals surface area contributed by atoms with Gasteiger partial charge < -0.3 is 9.64 Å². The fourth-order valence-electron chi connectivity index (χ4n) is 4.72. The number of pyridine rings is 1. The summed E-state index contributed by atoms with van der Waals surface area (Å²) in [4.78, 5) is 6.74. The van der Waals surface area contributed by atoms with Crippen molar-refractivity contribution in [3.05, 3.63) is 30.2 Å². The number of ether oxygens (including phenoxy) is 1. The molecule has 1 aromatic heterocycles. The second-order valence-corrected chi connectivity index (χ2v) is 10.1. The van der Waals surface area contributed by atoms with Crippen LogP contribution in [0.3, 0.4) is 0 Å². The minimum absolute atomic E-state index is 0.226. The lowest BCUT2D eigenvalue weighted by Gasteiger charge is -2.40. The summed E-state index contributed by atoms with van der Waals surface area (Å²) in [5, 5.41) is 1.25. The molecular formula is C21H26FN3O2S. The van der Waals surface area contributed by atoms with Gasteiger partial charge in [-0.3, -0.25) is 4.98 Å². The molecule has 5 rings (SSSR count). The Labute approximate surface area is 167 Å². The van der Waals surface area contributed by atoms with Crippen molar-refractivity contribution in [2.75, 3.05) is 38.2 Å². The summed E-state index contributed by atoms with van der Waals surface area (Å²) >= 11 is 0. The summed E-state index contributed by atoms with van der Waals surface area (Å²) in [5.74, 6) is -0.129. The van der Waals surface area contributed by atoms with Gasteiger partial charge in [0.05, 0.1) is 23.6 Å². The third-order valence-electron chi connectivity index (χ3n) is 6.62. The van der Waals surface area contributed by atoms with E-state index in [1.807, 2.05) is 6.07 Å². The van der Waals surface area contributed by atoms with E-state index in [4.69, 9.17) is 4.74 Å². The van der Waals surface area contributed by atoms with Crippen LogP contribution in [0.1, 0.15) is 32.1 Å². The number of rotatable bonds is 4. The number of halogens is 1. The smallest absolute Gasteiger partial charge is 0.165 e. The van der Waals surface area contributed by atoms with Crippen LogP contribution in [0.15, 0.2) is 24.4 Å². The summed E-state index contributed by atoms with van der Waals surface area (Å²) in [6.45, 7) is 3.81. The van der Waals surface area contributed by atoms with Gasteiger partial charge in [0.1, 0.15) is 0 Å². The summed E-state index contributed by atoms with van der Waals surface area (Å²) in [5.41, 5.74) is 2.08. The third kappa shape index (κ3) is 3.18. The second-order valence-electron chi connectivity index (χ2n) is 8.41. The van der Waals surface area contributed by atoms with E-state index in [0.29, 0.717) is 10.7 Å². The van der Waals surface area contributed by atoms with Gasteiger partial charge >= 0.3 is 0 Å². The Bertz CT molecular complexity index is 925. The van der Waals surface area contributed by atoms with Gasteiger partial charge in [-0.2, -0.15) is 0 Å². The Morgan fingerprint density at radius 3 is 2.68 bits per heavy atom. The van der Waals surface area contributed by atoms with Crippen LogP contribution in [0.4, 0.5) is 10.1 Å². The molecule has 0 radical (unpaired) electrons. The molecule has 2 aliphatic heterocycles. The van der Waals surface area contributed by atoms with Crippen molar-refractivity contribution in [1.82, 2.24) is 9.29 Å². The van der Waals surface area contributed by atoms with Crippen molar-refractivity contribution >= 4 is 27.6 Å². The van der Waals surface area contributed by atoms with Gasteiger partial charge in [0.15, 0.2) is 11.6 Å². The highest BCUT2D eigenvalue weighted by Crippen LogP contribution is 2.44. The highest BCUT2D eigenvalue weighted by Gasteiger charge is 2.44. The number of anilines is 1. The monoisotopic (exact) mass is 403 g/mol. The maximum absolute atomic E-state index is 14.3. The third-order valence-corrected chi connectivity index (χ3v) is 8.49. The standard InChI is InChI=1S/C21H26FN3O2S/c1-27-20-13-18-16(12-17(20)22)19(4-8-23-18)24-9-5-21(6-10-24)7-11-25(14-21)28(26)15-2-3-15/h4,8,12-13,15H,2-3,5-7,9-11,14H2,1H3. The molecule has 5 nitrogen and oxygen atoms in total. The van der Waals surface area contributed by atoms with Gasteiger partial charge in [0.25, 0.3) is 0 Å².